The van der Waals surface area contributed by atoms with Crippen LogP contribution < -0.4 is 5.32 Å². The summed E-state index contributed by atoms with van der Waals surface area (Å²) in [6.45, 7) is 6.81. The fraction of sp³-hybridized carbons (Fsp3) is 0.457. The molecule has 1 saturated carbocycles. The average Bonchev–Trinajstić information content (AvgIpc) is 3.66. The van der Waals surface area contributed by atoms with Crippen molar-refractivity contribution in [2.24, 2.45) is 5.92 Å². The highest BCUT2D eigenvalue weighted by Gasteiger charge is 2.42. The lowest BCUT2D eigenvalue weighted by molar-refractivity contribution is -0.152. The zero-order chi connectivity index (χ0) is 30.6. The van der Waals surface area contributed by atoms with Crippen LogP contribution in [0.5, 0.6) is 0 Å². The first-order valence-electron chi connectivity index (χ1n) is 15.3. The van der Waals surface area contributed by atoms with Crippen LogP contribution >= 0.6 is 11.3 Å². The molecule has 2 fully saturated rings. The molecule has 1 aliphatic heterocycles. The van der Waals surface area contributed by atoms with E-state index in [-0.39, 0.29) is 18.1 Å². The second-order valence-corrected chi connectivity index (χ2v) is 13.9. The van der Waals surface area contributed by atoms with Crippen LogP contribution in [0.1, 0.15) is 80.8 Å². The molecule has 3 aromatic rings. The van der Waals surface area contributed by atoms with E-state index in [2.05, 4.69) is 5.32 Å². The average molecular weight is 603 g/mol. The minimum absolute atomic E-state index is 0.0289. The van der Waals surface area contributed by atoms with Gasteiger partial charge in [0.1, 0.15) is 11.2 Å². The number of likely N-dealkylation sites (tertiary alicyclic amines) is 1. The summed E-state index contributed by atoms with van der Waals surface area (Å²) in [6.07, 6.45) is 5.31. The third-order valence-corrected chi connectivity index (χ3v) is 9.35. The quantitative estimate of drug-likeness (QED) is 0.264. The molecule has 0 bridgehead atoms. The van der Waals surface area contributed by atoms with Crippen molar-refractivity contribution in [2.75, 3.05) is 18.4 Å². The molecule has 0 spiro atoms. The van der Waals surface area contributed by atoms with E-state index < -0.39 is 17.3 Å². The summed E-state index contributed by atoms with van der Waals surface area (Å²) in [4.78, 5) is 41.7. The Kier molecular flexibility index (Phi) is 9.37. The zero-order valence-corrected chi connectivity index (χ0v) is 26.2. The van der Waals surface area contributed by atoms with Crippen LogP contribution in [0.15, 0.2) is 60.0 Å². The monoisotopic (exact) mass is 602 g/mol. The molecule has 1 saturated heterocycles. The molecule has 2 amide bonds. The standard InChI is InChI=1S/C35H42N2O5S/c1-34(2,3)42-33(40)36-29-13-12-27(31-7-6-20-43-31)22-28(29)23-30(38)26-10-8-24(9-11-26)21-25-14-18-37(19-15-25)32(39)35(41)16-4-5-17-35/h6-13,20,22,25,41H,4-5,14-19,21,23H2,1-3H3,(H,36,40). The molecule has 1 aliphatic carbocycles. The van der Waals surface area contributed by atoms with Crippen molar-refractivity contribution in [2.45, 2.75) is 83.3 Å². The van der Waals surface area contributed by atoms with Crippen molar-refractivity contribution in [3.8, 4) is 10.4 Å². The lowest BCUT2D eigenvalue weighted by Gasteiger charge is -2.36. The van der Waals surface area contributed by atoms with Gasteiger partial charge in [0, 0.05) is 35.6 Å². The molecule has 2 aliphatic rings. The first kappa shape index (κ1) is 31.0. The minimum atomic E-state index is -1.15. The number of ketones is 1. The number of carbonyl (C=O) groups excluding carboxylic acids is 3. The number of hydrogen-bond acceptors (Lipinski definition) is 6. The van der Waals surface area contributed by atoms with Gasteiger partial charge in [0.25, 0.3) is 5.91 Å². The van der Waals surface area contributed by atoms with Crippen LogP contribution in [0.25, 0.3) is 10.4 Å². The molecule has 2 N–H and O–H groups in total. The Morgan fingerprint density at radius 3 is 2.35 bits per heavy atom. The van der Waals surface area contributed by atoms with Gasteiger partial charge in [0.05, 0.1) is 0 Å². The maximum absolute atomic E-state index is 13.4. The lowest BCUT2D eigenvalue weighted by Crippen LogP contribution is -2.50. The van der Waals surface area contributed by atoms with Gasteiger partial charge in [-0.3, -0.25) is 14.9 Å². The van der Waals surface area contributed by atoms with Crippen LogP contribution in [0, 0.1) is 5.92 Å². The first-order chi connectivity index (χ1) is 20.5. The van der Waals surface area contributed by atoms with Gasteiger partial charge in [0.2, 0.25) is 0 Å². The SMILES string of the molecule is CC(C)(C)OC(=O)Nc1ccc(-c2cccs2)cc1CC(=O)c1ccc(CC2CCN(C(=O)C3(O)CCCC3)CC2)cc1. The molecule has 5 rings (SSSR count). The summed E-state index contributed by atoms with van der Waals surface area (Å²) in [6, 6.07) is 17.6. The Labute approximate surface area is 258 Å². The summed E-state index contributed by atoms with van der Waals surface area (Å²) >= 11 is 1.62. The van der Waals surface area contributed by atoms with E-state index in [0.717, 1.165) is 48.1 Å². The van der Waals surface area contributed by atoms with Gasteiger partial charge < -0.3 is 14.7 Å². The number of aliphatic hydroxyl groups is 1. The molecule has 228 valence electrons. The lowest BCUT2D eigenvalue weighted by atomic mass is 9.88. The number of thiophene rings is 1. The molecule has 43 heavy (non-hydrogen) atoms. The number of nitrogens with zero attached hydrogens (tertiary/aromatic N) is 1. The van der Waals surface area contributed by atoms with Crippen molar-refractivity contribution < 1.29 is 24.2 Å². The Morgan fingerprint density at radius 2 is 1.72 bits per heavy atom. The minimum Gasteiger partial charge on any atom is -0.444 e. The van der Waals surface area contributed by atoms with Gasteiger partial charge in [-0.2, -0.15) is 0 Å². The van der Waals surface area contributed by atoms with Crippen molar-refractivity contribution in [3.63, 3.8) is 0 Å². The number of carbonyl (C=O) groups is 3. The highest BCUT2D eigenvalue weighted by atomic mass is 32.1. The van der Waals surface area contributed by atoms with Crippen LogP contribution in [0.3, 0.4) is 0 Å². The predicted octanol–water partition coefficient (Wildman–Crippen LogP) is 7.27. The highest BCUT2D eigenvalue weighted by molar-refractivity contribution is 7.13. The van der Waals surface area contributed by atoms with Gasteiger partial charge in [-0.1, -0.05) is 36.4 Å². The first-order valence-corrected chi connectivity index (χ1v) is 16.2. The number of anilines is 1. The smallest absolute Gasteiger partial charge is 0.412 e. The van der Waals surface area contributed by atoms with Crippen molar-refractivity contribution in [1.82, 2.24) is 4.90 Å². The molecule has 0 unspecified atom stereocenters. The second-order valence-electron chi connectivity index (χ2n) is 13.0. The fourth-order valence-corrected chi connectivity index (χ4v) is 6.84. The Balaban J connectivity index is 1.21. The predicted molar refractivity (Wildman–Crippen MR) is 171 cm³/mol. The molecule has 2 aromatic carbocycles. The maximum Gasteiger partial charge on any atom is 0.412 e. The molecule has 2 heterocycles. The molecule has 0 radical (unpaired) electrons. The molecular formula is C35H42N2O5S. The largest absolute Gasteiger partial charge is 0.444 e. The van der Waals surface area contributed by atoms with Crippen LogP contribution in [0.2, 0.25) is 0 Å². The summed E-state index contributed by atoms with van der Waals surface area (Å²) in [5.41, 5.74) is 2.30. The summed E-state index contributed by atoms with van der Waals surface area (Å²) in [5, 5.41) is 15.5. The van der Waals surface area contributed by atoms with Gasteiger partial charge in [-0.05, 0) is 112 Å². The van der Waals surface area contributed by atoms with Crippen LogP contribution in [0.4, 0.5) is 10.5 Å². The van der Waals surface area contributed by atoms with Crippen molar-refractivity contribution >= 4 is 34.8 Å². The zero-order valence-electron chi connectivity index (χ0n) is 25.4. The topological polar surface area (TPSA) is 95.9 Å². The van der Waals surface area contributed by atoms with Gasteiger partial charge in [0.15, 0.2) is 5.78 Å². The van der Waals surface area contributed by atoms with E-state index in [0.29, 0.717) is 43.1 Å². The number of amides is 2. The third-order valence-electron chi connectivity index (χ3n) is 8.43. The van der Waals surface area contributed by atoms with Gasteiger partial charge in [-0.25, -0.2) is 4.79 Å². The van der Waals surface area contributed by atoms with E-state index in [1.165, 1.54) is 5.56 Å². The maximum atomic E-state index is 13.4. The number of nitrogens with one attached hydrogen (secondary N) is 1. The highest BCUT2D eigenvalue weighted by Crippen LogP contribution is 2.33. The fourth-order valence-electron chi connectivity index (χ4n) is 6.11. The normalized spacial score (nSPS) is 17.1. The number of hydrogen-bond donors (Lipinski definition) is 2. The van der Waals surface area contributed by atoms with E-state index >= 15 is 0 Å². The summed E-state index contributed by atoms with van der Waals surface area (Å²) < 4.78 is 5.45. The Bertz CT molecular complexity index is 1430. The number of ether oxygens (including phenoxy) is 1. The molecule has 8 heteroatoms. The van der Waals surface area contributed by atoms with Crippen LogP contribution in [-0.2, 0) is 22.4 Å². The van der Waals surface area contributed by atoms with Gasteiger partial charge in [-0.15, -0.1) is 11.3 Å². The van der Waals surface area contributed by atoms with Crippen molar-refractivity contribution in [1.29, 1.82) is 0 Å². The number of piperidine rings is 1. The third kappa shape index (κ3) is 7.92. The van der Waals surface area contributed by atoms with E-state index in [9.17, 15) is 19.5 Å². The Hall–Kier alpha value is -3.49. The van der Waals surface area contributed by atoms with E-state index in [1.54, 1.807) is 11.3 Å². The van der Waals surface area contributed by atoms with Crippen LogP contribution in [-0.4, -0.2) is 52.1 Å². The van der Waals surface area contributed by atoms with Gasteiger partial charge >= 0.3 is 6.09 Å². The Morgan fingerprint density at radius 1 is 1.02 bits per heavy atom. The summed E-state index contributed by atoms with van der Waals surface area (Å²) in [5.74, 6) is 0.348. The van der Waals surface area contributed by atoms with E-state index in [4.69, 9.17) is 4.74 Å². The number of rotatable bonds is 8. The number of Topliss-reactive ketones (excluding diaryl/α,β-unsaturated/α-hetero) is 1. The summed E-state index contributed by atoms with van der Waals surface area (Å²) in [7, 11) is 0. The molecular weight excluding hydrogens is 560 g/mol. The van der Waals surface area contributed by atoms with Crippen molar-refractivity contribution in [3.05, 3.63) is 76.7 Å². The second kappa shape index (κ2) is 13.0. The molecule has 0 atom stereocenters. The van der Waals surface area contributed by atoms with E-state index in [1.807, 2.05) is 85.6 Å². The number of benzene rings is 2. The molecule has 7 nitrogen and oxygen atoms in total. The molecule has 1 aromatic heterocycles.